The van der Waals surface area contributed by atoms with Gasteiger partial charge in [0.25, 0.3) is 0 Å². The minimum absolute atomic E-state index is 0. The lowest BCUT2D eigenvalue weighted by atomic mass is 9.96. The molecule has 0 fully saturated rings. The van der Waals surface area contributed by atoms with E-state index < -0.39 is 0 Å². The number of nitrogens with zero attached hydrogens (tertiary/aromatic N) is 1. The van der Waals surface area contributed by atoms with Crippen molar-refractivity contribution in [3.05, 3.63) is 71.3 Å². The molecule has 0 heterocycles. The number of nitrogens with two attached hydrogens (primary N) is 1. The highest BCUT2D eigenvalue weighted by molar-refractivity contribution is 5.85. The molecule has 0 bridgehead atoms. The molecule has 0 radical (unpaired) electrons. The van der Waals surface area contributed by atoms with Crippen LogP contribution in [0, 0.1) is 11.3 Å². The van der Waals surface area contributed by atoms with Gasteiger partial charge in [-0.15, -0.1) is 12.4 Å². The van der Waals surface area contributed by atoms with E-state index in [1.54, 1.807) is 6.07 Å². The number of hydrogen-bond donors (Lipinski definition) is 1. The average molecular weight is 245 g/mol. The molecule has 2 aromatic rings. The largest absolute Gasteiger partial charge is 0.320 e. The van der Waals surface area contributed by atoms with E-state index in [1.165, 1.54) is 0 Å². The van der Waals surface area contributed by atoms with Gasteiger partial charge in [0.1, 0.15) is 0 Å². The number of halogens is 1. The molecule has 2 nitrogen and oxygen atoms in total. The smallest absolute Gasteiger partial charge is 0.0995 e. The monoisotopic (exact) mass is 244 g/mol. The molecule has 0 saturated carbocycles. The summed E-state index contributed by atoms with van der Waals surface area (Å²) in [5.74, 6) is 0. The molecule has 0 saturated heterocycles. The molecule has 3 heteroatoms. The maximum atomic E-state index is 9.01. The Hall–Kier alpha value is -1.82. The Labute approximate surface area is 107 Å². The standard InChI is InChI=1S/C14H12N2.ClH/c15-10-12-8-4-5-9-13(12)14(16)11-6-2-1-3-7-11;/h1-9,14H,16H2;1H. The summed E-state index contributed by atoms with van der Waals surface area (Å²) in [5.41, 5.74) is 8.67. The van der Waals surface area contributed by atoms with Crippen molar-refractivity contribution >= 4 is 12.4 Å². The molecule has 0 aliphatic carbocycles. The van der Waals surface area contributed by atoms with E-state index in [-0.39, 0.29) is 18.4 Å². The molecule has 0 aliphatic rings. The minimum atomic E-state index is -0.239. The van der Waals surface area contributed by atoms with Crippen molar-refractivity contribution in [2.45, 2.75) is 6.04 Å². The van der Waals surface area contributed by atoms with Crippen molar-refractivity contribution in [2.24, 2.45) is 5.73 Å². The third-order valence-electron chi connectivity index (χ3n) is 2.57. The van der Waals surface area contributed by atoms with Crippen LogP contribution in [-0.4, -0.2) is 0 Å². The summed E-state index contributed by atoms with van der Waals surface area (Å²) in [7, 11) is 0. The lowest BCUT2D eigenvalue weighted by molar-refractivity contribution is 0.867. The third kappa shape index (κ3) is 2.85. The summed E-state index contributed by atoms with van der Waals surface area (Å²) in [4.78, 5) is 0. The fourth-order valence-electron chi connectivity index (χ4n) is 1.71. The van der Waals surface area contributed by atoms with Crippen molar-refractivity contribution in [3.63, 3.8) is 0 Å². The Bertz CT molecular complexity index is 517. The fourth-order valence-corrected chi connectivity index (χ4v) is 1.71. The molecule has 0 aromatic heterocycles. The number of hydrogen-bond acceptors (Lipinski definition) is 2. The number of benzene rings is 2. The lowest BCUT2D eigenvalue weighted by Gasteiger charge is -2.13. The molecule has 17 heavy (non-hydrogen) atoms. The summed E-state index contributed by atoms with van der Waals surface area (Å²) in [6.45, 7) is 0. The van der Waals surface area contributed by atoms with Crippen molar-refractivity contribution in [2.75, 3.05) is 0 Å². The van der Waals surface area contributed by atoms with Gasteiger partial charge in [-0.2, -0.15) is 5.26 Å². The predicted octanol–water partition coefficient (Wildman–Crippen LogP) is 3.03. The molecule has 2 N–H and O–H groups in total. The van der Waals surface area contributed by atoms with Crippen molar-refractivity contribution in [3.8, 4) is 6.07 Å². The Balaban J connectivity index is 0.00000144. The van der Waals surface area contributed by atoms with Gasteiger partial charge in [-0.3, -0.25) is 0 Å². The minimum Gasteiger partial charge on any atom is -0.320 e. The summed E-state index contributed by atoms with van der Waals surface area (Å²) >= 11 is 0. The van der Waals surface area contributed by atoms with Crippen LogP contribution in [0.2, 0.25) is 0 Å². The van der Waals surface area contributed by atoms with Gasteiger partial charge in [-0.05, 0) is 17.2 Å². The van der Waals surface area contributed by atoms with E-state index in [2.05, 4.69) is 6.07 Å². The SMILES string of the molecule is Cl.N#Cc1ccccc1C(N)c1ccccc1. The maximum absolute atomic E-state index is 9.01. The average Bonchev–Trinajstić information content (AvgIpc) is 2.39. The zero-order chi connectivity index (χ0) is 11.4. The highest BCUT2D eigenvalue weighted by atomic mass is 35.5. The quantitative estimate of drug-likeness (QED) is 0.883. The summed E-state index contributed by atoms with van der Waals surface area (Å²) < 4.78 is 0. The van der Waals surface area contributed by atoms with Gasteiger partial charge in [-0.1, -0.05) is 48.5 Å². The van der Waals surface area contributed by atoms with Crippen molar-refractivity contribution in [1.82, 2.24) is 0 Å². The zero-order valence-electron chi connectivity index (χ0n) is 9.21. The van der Waals surface area contributed by atoms with E-state index >= 15 is 0 Å². The highest BCUT2D eigenvalue weighted by Gasteiger charge is 2.11. The van der Waals surface area contributed by atoms with Crippen LogP contribution >= 0.6 is 12.4 Å². The number of nitriles is 1. The molecule has 2 aromatic carbocycles. The van der Waals surface area contributed by atoms with E-state index in [4.69, 9.17) is 11.0 Å². The molecule has 0 aliphatic heterocycles. The van der Waals surface area contributed by atoms with Crippen LogP contribution in [0.1, 0.15) is 22.7 Å². The Morgan fingerprint density at radius 2 is 1.53 bits per heavy atom. The van der Waals surface area contributed by atoms with Gasteiger partial charge >= 0.3 is 0 Å². The van der Waals surface area contributed by atoms with Crippen LogP contribution in [0.25, 0.3) is 0 Å². The summed E-state index contributed by atoms with van der Waals surface area (Å²) in [5, 5.41) is 9.01. The fraction of sp³-hybridized carbons (Fsp3) is 0.0714. The summed E-state index contributed by atoms with van der Waals surface area (Å²) in [6.07, 6.45) is 0. The van der Waals surface area contributed by atoms with Gasteiger partial charge in [0.05, 0.1) is 17.7 Å². The number of rotatable bonds is 2. The molecule has 86 valence electrons. The van der Waals surface area contributed by atoms with Gasteiger partial charge in [0, 0.05) is 0 Å². The molecular formula is C14H13ClN2. The van der Waals surface area contributed by atoms with Crippen LogP contribution in [0.4, 0.5) is 0 Å². The normalized spacial score (nSPS) is 11.1. The van der Waals surface area contributed by atoms with Gasteiger partial charge in [0.2, 0.25) is 0 Å². The Morgan fingerprint density at radius 1 is 0.941 bits per heavy atom. The van der Waals surface area contributed by atoms with Crippen LogP contribution in [0.5, 0.6) is 0 Å². The highest BCUT2D eigenvalue weighted by Crippen LogP contribution is 2.21. The van der Waals surface area contributed by atoms with Crippen LogP contribution in [0.15, 0.2) is 54.6 Å². The zero-order valence-corrected chi connectivity index (χ0v) is 10.0. The first-order valence-corrected chi connectivity index (χ1v) is 5.12. The first-order valence-electron chi connectivity index (χ1n) is 5.12. The third-order valence-corrected chi connectivity index (χ3v) is 2.57. The van der Waals surface area contributed by atoms with E-state index in [9.17, 15) is 0 Å². The topological polar surface area (TPSA) is 49.8 Å². The maximum Gasteiger partial charge on any atom is 0.0995 e. The second-order valence-corrected chi connectivity index (χ2v) is 3.59. The van der Waals surface area contributed by atoms with E-state index in [0.29, 0.717) is 5.56 Å². The predicted molar refractivity (Wildman–Crippen MR) is 70.9 cm³/mol. The van der Waals surface area contributed by atoms with E-state index in [0.717, 1.165) is 11.1 Å². The molecule has 0 amide bonds. The lowest BCUT2D eigenvalue weighted by Crippen LogP contribution is -2.13. The second kappa shape index (κ2) is 6.05. The molecule has 2 rings (SSSR count). The molecule has 0 spiro atoms. The first-order chi connectivity index (χ1) is 7.83. The van der Waals surface area contributed by atoms with Gasteiger partial charge in [-0.25, -0.2) is 0 Å². The van der Waals surface area contributed by atoms with E-state index in [1.807, 2.05) is 48.5 Å². The molecule has 1 unspecified atom stereocenters. The molecule has 1 atom stereocenters. The second-order valence-electron chi connectivity index (χ2n) is 3.59. The molecular weight excluding hydrogens is 232 g/mol. The first kappa shape index (κ1) is 13.2. The summed E-state index contributed by atoms with van der Waals surface area (Å²) in [6, 6.07) is 19.2. The Morgan fingerprint density at radius 3 is 2.18 bits per heavy atom. The van der Waals surface area contributed by atoms with Crippen LogP contribution < -0.4 is 5.73 Å². The van der Waals surface area contributed by atoms with Gasteiger partial charge < -0.3 is 5.73 Å². The van der Waals surface area contributed by atoms with Gasteiger partial charge in [0.15, 0.2) is 0 Å². The Kier molecular flexibility index (Phi) is 4.71. The van der Waals surface area contributed by atoms with Crippen molar-refractivity contribution in [1.29, 1.82) is 5.26 Å². The van der Waals surface area contributed by atoms with Crippen LogP contribution in [-0.2, 0) is 0 Å². The van der Waals surface area contributed by atoms with Crippen LogP contribution in [0.3, 0.4) is 0 Å². The van der Waals surface area contributed by atoms with Crippen molar-refractivity contribution < 1.29 is 0 Å².